The third-order valence-electron chi connectivity index (χ3n) is 3.47. The molecule has 1 heterocycles. The maximum absolute atomic E-state index is 12.6. The van der Waals surface area contributed by atoms with Gasteiger partial charge in [0.1, 0.15) is 0 Å². The predicted molar refractivity (Wildman–Crippen MR) is 73.2 cm³/mol. The summed E-state index contributed by atoms with van der Waals surface area (Å²) >= 11 is 0. The second kappa shape index (κ2) is 5.83. The van der Waals surface area contributed by atoms with Crippen LogP contribution in [-0.4, -0.2) is 16.9 Å². The van der Waals surface area contributed by atoms with E-state index in [0.717, 1.165) is 0 Å². The minimum Gasteiger partial charge on any atom is -0.314 e. The molecule has 5 nitrogen and oxygen atoms in total. The molecular weight excluding hydrogens is 362 g/mol. The quantitative estimate of drug-likeness (QED) is 0.360. The van der Waals surface area contributed by atoms with E-state index in [0.29, 0.717) is 16.1 Å². The molecule has 1 fully saturated rings. The number of benzene rings is 2. The summed E-state index contributed by atoms with van der Waals surface area (Å²) in [5.41, 5.74) is 0.101. The van der Waals surface area contributed by atoms with E-state index in [9.17, 15) is 9.59 Å². The molecule has 0 aromatic heterocycles. The number of urea groups is 1. The molecule has 111 valence electrons. The summed E-state index contributed by atoms with van der Waals surface area (Å²) in [6, 6.07) is 17.5. The number of imide groups is 1. The van der Waals surface area contributed by atoms with Crippen LogP contribution in [-0.2, 0) is 32.7 Å². The summed E-state index contributed by atoms with van der Waals surface area (Å²) in [4.78, 5) is 24.4. The van der Waals surface area contributed by atoms with Gasteiger partial charge in [0.15, 0.2) is 5.54 Å². The van der Waals surface area contributed by atoms with E-state index >= 15 is 0 Å². The molecule has 1 saturated heterocycles. The van der Waals surface area contributed by atoms with Crippen molar-refractivity contribution in [2.45, 2.75) is 5.54 Å². The van der Waals surface area contributed by atoms with Crippen LogP contribution in [0.2, 0.25) is 0 Å². The molecule has 0 unspecified atom stereocenters. The van der Waals surface area contributed by atoms with Gasteiger partial charge in [-0.05, 0) is 11.1 Å². The van der Waals surface area contributed by atoms with E-state index < -0.39 is 17.5 Å². The van der Waals surface area contributed by atoms with Gasteiger partial charge in [0, 0.05) is 22.4 Å². The summed E-state index contributed by atoms with van der Waals surface area (Å²) in [6.45, 7) is 0. The van der Waals surface area contributed by atoms with Gasteiger partial charge in [0.05, 0.1) is 0 Å². The largest absolute Gasteiger partial charge is 0.340 e. The van der Waals surface area contributed by atoms with Gasteiger partial charge in [-0.3, -0.25) is 4.79 Å². The number of rotatable bonds is 2. The molecular formula is C15H13AgN3O2. The Labute approximate surface area is 137 Å². The first-order valence-electron chi connectivity index (χ1n) is 6.19. The van der Waals surface area contributed by atoms with E-state index in [1.807, 2.05) is 36.4 Å². The van der Waals surface area contributed by atoms with Crippen LogP contribution in [0.5, 0.6) is 0 Å². The van der Waals surface area contributed by atoms with Gasteiger partial charge in [0.2, 0.25) is 0 Å². The number of hydrazine groups is 1. The molecule has 6 heteroatoms. The Morgan fingerprint density at radius 2 is 1.29 bits per heavy atom. The first kappa shape index (κ1) is 15.5. The van der Waals surface area contributed by atoms with E-state index in [2.05, 4.69) is 5.32 Å². The maximum Gasteiger partial charge on any atom is 0.340 e. The standard InChI is InChI=1S/C15H13N3O2.Ag/c16-18-13(19)15(17-14(18)20,11-7-3-1-4-8-11)12-9-5-2-6-10-12;/h1-10H,16H2,(H,17,20);. The average molecular weight is 375 g/mol. The van der Waals surface area contributed by atoms with Crippen molar-refractivity contribution in [3.8, 4) is 0 Å². The van der Waals surface area contributed by atoms with Crippen molar-refractivity contribution in [3.05, 3.63) is 71.8 Å². The third kappa shape index (κ3) is 2.30. The van der Waals surface area contributed by atoms with Gasteiger partial charge < -0.3 is 5.32 Å². The van der Waals surface area contributed by atoms with Crippen molar-refractivity contribution < 1.29 is 32.0 Å². The van der Waals surface area contributed by atoms with Gasteiger partial charge in [-0.1, -0.05) is 60.7 Å². The summed E-state index contributed by atoms with van der Waals surface area (Å²) in [5.74, 6) is 5.06. The SMILES string of the molecule is NN1C(=O)NC(c2ccccc2)(c2ccccc2)C1=O.[Ag]. The predicted octanol–water partition coefficient (Wildman–Crippen LogP) is 1.35. The number of nitrogens with two attached hydrogens (primary N) is 1. The van der Waals surface area contributed by atoms with Gasteiger partial charge in [-0.15, -0.1) is 0 Å². The van der Waals surface area contributed by atoms with Crippen molar-refractivity contribution >= 4 is 11.9 Å². The Kier molecular flexibility index (Phi) is 4.29. The number of nitrogens with zero attached hydrogens (tertiary/aromatic N) is 1. The molecule has 2 aromatic rings. The molecule has 21 heavy (non-hydrogen) atoms. The van der Waals surface area contributed by atoms with Crippen LogP contribution < -0.4 is 11.2 Å². The van der Waals surface area contributed by atoms with E-state index in [-0.39, 0.29) is 22.4 Å². The minimum absolute atomic E-state index is 0. The van der Waals surface area contributed by atoms with Crippen molar-refractivity contribution in [3.63, 3.8) is 0 Å². The Hall–Kier alpha value is -1.92. The Balaban J connectivity index is 0.00000161. The average Bonchev–Trinajstić information content (AvgIpc) is 2.74. The zero-order valence-electron chi connectivity index (χ0n) is 10.9. The Morgan fingerprint density at radius 3 is 1.62 bits per heavy atom. The molecule has 1 radical (unpaired) electrons. The van der Waals surface area contributed by atoms with Gasteiger partial charge in [0.25, 0.3) is 5.91 Å². The van der Waals surface area contributed by atoms with Gasteiger partial charge >= 0.3 is 6.03 Å². The maximum atomic E-state index is 12.6. The zero-order valence-corrected chi connectivity index (χ0v) is 12.4. The number of amides is 3. The molecule has 3 rings (SSSR count). The molecule has 0 spiro atoms. The van der Waals surface area contributed by atoms with Gasteiger partial charge in [-0.2, -0.15) is 5.01 Å². The number of hydrogen-bond donors (Lipinski definition) is 2. The van der Waals surface area contributed by atoms with Crippen LogP contribution >= 0.6 is 0 Å². The smallest absolute Gasteiger partial charge is 0.314 e. The fraction of sp³-hybridized carbons (Fsp3) is 0.0667. The Bertz CT molecular complexity index is 622. The summed E-state index contributed by atoms with van der Waals surface area (Å²) in [5, 5.41) is 3.34. The van der Waals surface area contributed by atoms with E-state index in [4.69, 9.17) is 5.84 Å². The van der Waals surface area contributed by atoms with Crippen LogP contribution in [0.25, 0.3) is 0 Å². The number of carbonyl (C=O) groups is 2. The molecule has 3 amide bonds. The first-order chi connectivity index (χ1) is 9.66. The zero-order chi connectivity index (χ0) is 14.2. The van der Waals surface area contributed by atoms with Crippen LogP contribution in [0.1, 0.15) is 11.1 Å². The second-order valence-corrected chi connectivity index (χ2v) is 4.59. The van der Waals surface area contributed by atoms with Crippen molar-refractivity contribution in [2.75, 3.05) is 0 Å². The molecule has 0 aliphatic carbocycles. The molecule has 3 N–H and O–H groups in total. The number of nitrogens with one attached hydrogen (secondary N) is 1. The summed E-state index contributed by atoms with van der Waals surface area (Å²) in [7, 11) is 0. The first-order valence-corrected chi connectivity index (χ1v) is 6.19. The fourth-order valence-corrected chi connectivity index (χ4v) is 2.48. The van der Waals surface area contributed by atoms with Crippen LogP contribution in [0, 0.1) is 0 Å². The normalized spacial score (nSPS) is 16.3. The monoisotopic (exact) mass is 374 g/mol. The molecule has 0 atom stereocenters. The van der Waals surface area contributed by atoms with Crippen LogP contribution in [0.3, 0.4) is 0 Å². The summed E-state index contributed by atoms with van der Waals surface area (Å²) in [6.07, 6.45) is 0. The van der Waals surface area contributed by atoms with Crippen LogP contribution in [0.4, 0.5) is 4.79 Å². The third-order valence-corrected chi connectivity index (χ3v) is 3.47. The molecule has 1 aliphatic heterocycles. The number of hydrogen-bond acceptors (Lipinski definition) is 3. The van der Waals surface area contributed by atoms with E-state index in [1.54, 1.807) is 24.3 Å². The summed E-state index contributed by atoms with van der Waals surface area (Å²) < 4.78 is 0. The Morgan fingerprint density at radius 1 is 0.857 bits per heavy atom. The fourth-order valence-electron chi connectivity index (χ4n) is 2.48. The number of carbonyl (C=O) groups excluding carboxylic acids is 2. The molecule has 0 saturated carbocycles. The van der Waals surface area contributed by atoms with Gasteiger partial charge in [-0.25, -0.2) is 10.6 Å². The molecule has 0 bridgehead atoms. The molecule has 1 aliphatic rings. The van der Waals surface area contributed by atoms with Crippen molar-refractivity contribution in [1.82, 2.24) is 10.3 Å². The second-order valence-electron chi connectivity index (χ2n) is 4.59. The van der Waals surface area contributed by atoms with Crippen molar-refractivity contribution in [2.24, 2.45) is 5.84 Å². The van der Waals surface area contributed by atoms with E-state index in [1.165, 1.54) is 0 Å². The molecule has 2 aromatic carbocycles. The van der Waals surface area contributed by atoms with Crippen molar-refractivity contribution in [1.29, 1.82) is 0 Å². The van der Waals surface area contributed by atoms with Crippen LogP contribution in [0.15, 0.2) is 60.7 Å². The minimum atomic E-state index is -1.26. The topological polar surface area (TPSA) is 75.4 Å².